The van der Waals surface area contributed by atoms with E-state index >= 15 is 0 Å². The number of piperidine rings is 1. The van der Waals surface area contributed by atoms with Gasteiger partial charge in [0.05, 0.1) is 29.1 Å². The van der Waals surface area contributed by atoms with E-state index < -0.39 is 15.4 Å². The Morgan fingerprint density at radius 3 is 2.56 bits per heavy atom. The number of aryl methyl sites for hydroxylation is 1. The third-order valence-electron chi connectivity index (χ3n) is 6.83. The molecule has 0 radical (unpaired) electrons. The summed E-state index contributed by atoms with van der Waals surface area (Å²) in [7, 11) is -3.62. The molecular weight excluding hydrogens is 453 g/mol. The zero-order chi connectivity index (χ0) is 23.9. The Bertz CT molecular complexity index is 1330. The van der Waals surface area contributed by atoms with Gasteiger partial charge in [-0.2, -0.15) is 9.40 Å². The van der Waals surface area contributed by atoms with Gasteiger partial charge in [-0.1, -0.05) is 23.3 Å². The van der Waals surface area contributed by atoms with Crippen LogP contribution in [0, 0.1) is 18.2 Å². The molecule has 1 aliphatic carbocycles. The van der Waals surface area contributed by atoms with Gasteiger partial charge in [-0.15, -0.1) is 0 Å². The molecule has 0 bridgehead atoms. The molecule has 2 aromatic carbocycles. The lowest BCUT2D eigenvalue weighted by atomic mass is 9.69. The normalized spacial score (nSPS) is 20.5. The van der Waals surface area contributed by atoms with Crippen LogP contribution in [0.3, 0.4) is 0 Å². The summed E-state index contributed by atoms with van der Waals surface area (Å²) in [5.41, 5.74) is 4.53. The number of ether oxygens (including phenoxy) is 1. The third kappa shape index (κ3) is 4.00. The largest absolute Gasteiger partial charge is 0.381 e. The monoisotopic (exact) mass is 481 g/mol. The highest BCUT2D eigenvalue weighted by molar-refractivity contribution is 7.89. The van der Waals surface area contributed by atoms with Crippen LogP contribution < -0.4 is 0 Å². The van der Waals surface area contributed by atoms with Crippen molar-refractivity contribution < 1.29 is 17.5 Å². The molecule has 1 aliphatic heterocycles. The van der Waals surface area contributed by atoms with Crippen LogP contribution in [0.5, 0.6) is 0 Å². The van der Waals surface area contributed by atoms with Crippen molar-refractivity contribution in [3.05, 3.63) is 82.9 Å². The van der Waals surface area contributed by atoms with E-state index in [9.17, 15) is 12.8 Å². The van der Waals surface area contributed by atoms with E-state index in [1.807, 2.05) is 36.9 Å². The summed E-state index contributed by atoms with van der Waals surface area (Å²) >= 11 is 0. The van der Waals surface area contributed by atoms with E-state index in [0.29, 0.717) is 44.0 Å². The lowest BCUT2D eigenvalue weighted by Crippen LogP contribution is -2.51. The number of nitrogens with zero attached hydrogens (tertiary/aromatic N) is 3. The molecule has 8 heteroatoms. The van der Waals surface area contributed by atoms with Crippen LogP contribution in [0.25, 0.3) is 11.8 Å². The maximum absolute atomic E-state index is 13.5. The molecule has 0 amide bonds. The summed E-state index contributed by atoms with van der Waals surface area (Å²) in [5, 5.41) is 4.57. The molecule has 1 atom stereocenters. The molecular formula is C26H28FN3O3S. The average Bonchev–Trinajstić information content (AvgIpc) is 3.24. The van der Waals surface area contributed by atoms with Crippen molar-refractivity contribution in [1.82, 2.24) is 14.1 Å². The van der Waals surface area contributed by atoms with Gasteiger partial charge in [0.25, 0.3) is 0 Å². The fourth-order valence-corrected chi connectivity index (χ4v) is 6.50. The minimum atomic E-state index is -3.62. The molecule has 0 saturated carbocycles. The van der Waals surface area contributed by atoms with Crippen LogP contribution >= 0.6 is 0 Å². The quantitative estimate of drug-likeness (QED) is 0.524. The van der Waals surface area contributed by atoms with E-state index in [2.05, 4.69) is 11.2 Å². The van der Waals surface area contributed by atoms with Crippen LogP contribution in [0.4, 0.5) is 4.39 Å². The Labute approximate surface area is 199 Å². The van der Waals surface area contributed by atoms with E-state index in [1.54, 1.807) is 28.6 Å². The van der Waals surface area contributed by atoms with Gasteiger partial charge in [0.2, 0.25) is 10.0 Å². The number of aromatic nitrogens is 2. The molecule has 1 aromatic heterocycles. The van der Waals surface area contributed by atoms with Crippen molar-refractivity contribution in [2.45, 2.75) is 31.6 Å². The fourth-order valence-electron chi connectivity index (χ4n) is 4.97. The first kappa shape index (κ1) is 23.0. The first-order valence-corrected chi connectivity index (χ1v) is 12.9. The van der Waals surface area contributed by atoms with Crippen LogP contribution in [0.2, 0.25) is 0 Å². The second-order valence-electron chi connectivity index (χ2n) is 9.11. The lowest BCUT2D eigenvalue weighted by Gasteiger charge is -2.45. The number of benzene rings is 2. The molecule has 0 spiro atoms. The minimum Gasteiger partial charge on any atom is -0.381 e. The second kappa shape index (κ2) is 8.76. The van der Waals surface area contributed by atoms with E-state index in [0.717, 1.165) is 22.5 Å². The van der Waals surface area contributed by atoms with Crippen molar-refractivity contribution >= 4 is 16.1 Å². The van der Waals surface area contributed by atoms with Crippen LogP contribution in [0.15, 0.2) is 65.2 Å². The van der Waals surface area contributed by atoms with Gasteiger partial charge in [-0.05, 0) is 74.7 Å². The molecule has 34 heavy (non-hydrogen) atoms. The summed E-state index contributed by atoms with van der Waals surface area (Å²) in [6.45, 7) is 5.66. The standard InChI is InChI=1S/C26H28FN3O3S/c1-3-33-18-26-15-20-16-28-30(23-8-6-22(27)7-9-23)25(20)14-21(26)12-13-29(17-26)34(31,32)24-10-4-19(2)5-11-24/h4-11,14,16H,3,12-13,15,17-18H2,1-2H3/t26-/m1/s1. The van der Waals surface area contributed by atoms with Gasteiger partial charge in [-0.25, -0.2) is 17.5 Å². The number of sulfonamides is 1. The maximum atomic E-state index is 13.5. The molecule has 1 saturated heterocycles. The van der Waals surface area contributed by atoms with Gasteiger partial charge < -0.3 is 4.74 Å². The van der Waals surface area contributed by atoms with Gasteiger partial charge >= 0.3 is 0 Å². The van der Waals surface area contributed by atoms with Gasteiger partial charge in [0.15, 0.2) is 0 Å². The van der Waals surface area contributed by atoms with Crippen LogP contribution in [-0.4, -0.2) is 48.8 Å². The number of rotatable bonds is 6. The minimum absolute atomic E-state index is 0.291. The third-order valence-corrected chi connectivity index (χ3v) is 8.69. The topological polar surface area (TPSA) is 64.4 Å². The average molecular weight is 482 g/mol. The Balaban J connectivity index is 1.51. The van der Waals surface area contributed by atoms with Gasteiger partial charge in [0, 0.05) is 25.1 Å². The fraction of sp³-hybridized carbons (Fsp3) is 0.346. The SMILES string of the molecule is CCOC[C@]12Cc3cnn(-c4ccc(F)cc4)c3C=C1CCN(S(=O)(=O)c1ccc(C)cc1)C2. The summed E-state index contributed by atoms with van der Waals surface area (Å²) in [6.07, 6.45) is 5.21. The molecule has 6 nitrogen and oxygen atoms in total. The number of halogens is 1. The molecule has 2 heterocycles. The number of fused-ring (bicyclic) bond motifs is 2. The summed E-state index contributed by atoms with van der Waals surface area (Å²) < 4.78 is 49.7. The number of hydrogen-bond donors (Lipinski definition) is 0. The molecule has 0 N–H and O–H groups in total. The maximum Gasteiger partial charge on any atom is 0.243 e. The first-order chi connectivity index (χ1) is 16.3. The molecule has 3 aromatic rings. The zero-order valence-electron chi connectivity index (χ0n) is 19.4. The Kier molecular flexibility index (Phi) is 5.91. The van der Waals surface area contributed by atoms with Crippen molar-refractivity contribution in [1.29, 1.82) is 0 Å². The molecule has 1 fully saturated rings. The zero-order valence-corrected chi connectivity index (χ0v) is 20.2. The summed E-state index contributed by atoms with van der Waals surface area (Å²) in [6, 6.07) is 13.3. The highest BCUT2D eigenvalue weighted by Gasteiger charge is 2.46. The molecule has 178 valence electrons. The van der Waals surface area contributed by atoms with Crippen molar-refractivity contribution in [3.63, 3.8) is 0 Å². The van der Waals surface area contributed by atoms with Crippen molar-refractivity contribution in [2.24, 2.45) is 5.41 Å². The van der Waals surface area contributed by atoms with Crippen molar-refractivity contribution in [3.8, 4) is 5.69 Å². The van der Waals surface area contributed by atoms with E-state index in [-0.39, 0.29) is 5.82 Å². The van der Waals surface area contributed by atoms with Crippen molar-refractivity contribution in [2.75, 3.05) is 26.3 Å². The highest BCUT2D eigenvalue weighted by Crippen LogP contribution is 2.45. The van der Waals surface area contributed by atoms with E-state index in [4.69, 9.17) is 4.74 Å². The van der Waals surface area contributed by atoms with Crippen LogP contribution in [-0.2, 0) is 21.2 Å². The van der Waals surface area contributed by atoms with Gasteiger partial charge in [0.1, 0.15) is 5.82 Å². The van der Waals surface area contributed by atoms with Crippen LogP contribution in [0.1, 0.15) is 30.2 Å². The predicted molar refractivity (Wildman–Crippen MR) is 129 cm³/mol. The lowest BCUT2D eigenvalue weighted by molar-refractivity contribution is 0.0477. The predicted octanol–water partition coefficient (Wildman–Crippen LogP) is 4.38. The molecule has 2 aliphatic rings. The highest BCUT2D eigenvalue weighted by atomic mass is 32.2. The first-order valence-electron chi connectivity index (χ1n) is 11.5. The summed E-state index contributed by atoms with van der Waals surface area (Å²) in [5.74, 6) is -0.291. The Morgan fingerprint density at radius 1 is 1.12 bits per heavy atom. The molecule has 0 unspecified atom stereocenters. The second-order valence-corrected chi connectivity index (χ2v) is 11.0. The molecule has 5 rings (SSSR count). The number of hydrogen-bond acceptors (Lipinski definition) is 4. The van der Waals surface area contributed by atoms with E-state index in [1.165, 1.54) is 17.7 Å². The Morgan fingerprint density at radius 2 is 1.85 bits per heavy atom. The van der Waals surface area contributed by atoms with Gasteiger partial charge in [-0.3, -0.25) is 0 Å². The Hall–Kier alpha value is -2.81. The smallest absolute Gasteiger partial charge is 0.243 e. The summed E-state index contributed by atoms with van der Waals surface area (Å²) in [4.78, 5) is 0.317.